The van der Waals surface area contributed by atoms with Gasteiger partial charge in [-0.25, -0.2) is 4.79 Å². The zero-order valence-electron chi connectivity index (χ0n) is 8.90. The van der Waals surface area contributed by atoms with Crippen molar-refractivity contribution in [1.29, 1.82) is 0 Å². The second-order valence-corrected chi connectivity index (χ2v) is 3.70. The van der Waals surface area contributed by atoms with E-state index in [4.69, 9.17) is 0 Å². The van der Waals surface area contributed by atoms with Crippen molar-refractivity contribution in [3.63, 3.8) is 0 Å². The normalized spacial score (nSPS) is 20.9. The number of hydrogen-bond acceptors (Lipinski definition) is 1. The van der Waals surface area contributed by atoms with E-state index in [1.54, 1.807) is 11.9 Å². The lowest BCUT2D eigenvalue weighted by Gasteiger charge is -2.28. The first-order valence-corrected chi connectivity index (χ1v) is 4.96. The Bertz CT molecular complexity index is 397. The van der Waals surface area contributed by atoms with Crippen molar-refractivity contribution in [1.82, 2.24) is 10.2 Å². The number of carbonyl (C=O) groups excluding carboxylic acids is 1. The van der Waals surface area contributed by atoms with E-state index in [0.717, 1.165) is 11.3 Å². The second kappa shape index (κ2) is 3.77. The fourth-order valence-electron chi connectivity index (χ4n) is 1.62. The topological polar surface area (TPSA) is 32.3 Å². The Morgan fingerprint density at radius 1 is 1.27 bits per heavy atom. The molecule has 1 aromatic rings. The van der Waals surface area contributed by atoms with Gasteiger partial charge in [-0.2, -0.15) is 0 Å². The molecule has 0 saturated heterocycles. The average Bonchev–Trinajstić information content (AvgIpc) is 2.26. The van der Waals surface area contributed by atoms with Crippen molar-refractivity contribution < 1.29 is 4.79 Å². The summed E-state index contributed by atoms with van der Waals surface area (Å²) in [6.45, 7) is 1.94. The van der Waals surface area contributed by atoms with Gasteiger partial charge in [0.05, 0.1) is 6.04 Å². The Morgan fingerprint density at radius 3 is 2.53 bits per heavy atom. The number of nitrogens with one attached hydrogen (secondary N) is 1. The van der Waals surface area contributed by atoms with Crippen LogP contribution in [0.5, 0.6) is 0 Å². The van der Waals surface area contributed by atoms with Crippen LogP contribution in [0.15, 0.2) is 42.1 Å². The zero-order chi connectivity index (χ0) is 10.8. The third-order valence-corrected chi connectivity index (χ3v) is 2.68. The van der Waals surface area contributed by atoms with Crippen molar-refractivity contribution in [2.24, 2.45) is 0 Å². The lowest BCUT2D eigenvalue weighted by molar-refractivity contribution is 0.213. The molecule has 0 aromatic heterocycles. The minimum Gasteiger partial charge on any atom is -0.327 e. The first-order valence-electron chi connectivity index (χ1n) is 4.96. The van der Waals surface area contributed by atoms with Crippen LogP contribution in [-0.2, 0) is 0 Å². The molecule has 1 N–H and O–H groups in total. The number of hydrogen-bond donors (Lipinski definition) is 1. The minimum absolute atomic E-state index is 0.00472. The molecule has 1 atom stereocenters. The highest BCUT2D eigenvalue weighted by molar-refractivity contribution is 5.78. The molecule has 1 aliphatic heterocycles. The van der Waals surface area contributed by atoms with E-state index in [2.05, 4.69) is 11.4 Å². The zero-order valence-corrected chi connectivity index (χ0v) is 8.90. The SMILES string of the molecule is CC1=CC(c2ccccc2)NC(=O)N1C. The van der Waals surface area contributed by atoms with Crippen molar-refractivity contribution in [2.75, 3.05) is 7.05 Å². The van der Waals surface area contributed by atoms with Crippen molar-refractivity contribution in [2.45, 2.75) is 13.0 Å². The van der Waals surface area contributed by atoms with Crippen LogP contribution >= 0.6 is 0 Å². The number of nitrogens with zero attached hydrogens (tertiary/aromatic N) is 1. The number of rotatable bonds is 1. The standard InChI is InChI=1S/C12H14N2O/c1-9-8-11(13-12(15)14(9)2)10-6-4-3-5-7-10/h3-8,11H,1-2H3,(H,13,15). The average molecular weight is 202 g/mol. The van der Waals surface area contributed by atoms with Gasteiger partial charge in [0, 0.05) is 12.7 Å². The number of amides is 2. The lowest BCUT2D eigenvalue weighted by Crippen LogP contribution is -2.41. The van der Waals surface area contributed by atoms with E-state index < -0.39 is 0 Å². The molecule has 0 aliphatic carbocycles. The molecule has 0 saturated carbocycles. The summed E-state index contributed by atoms with van der Waals surface area (Å²) in [5, 5.41) is 2.92. The summed E-state index contributed by atoms with van der Waals surface area (Å²) in [6.07, 6.45) is 2.05. The van der Waals surface area contributed by atoms with Crippen LogP contribution in [0.1, 0.15) is 18.5 Å². The third-order valence-electron chi connectivity index (χ3n) is 2.68. The van der Waals surface area contributed by atoms with Crippen molar-refractivity contribution in [3.8, 4) is 0 Å². The van der Waals surface area contributed by atoms with E-state index in [1.807, 2.05) is 37.3 Å². The van der Waals surface area contributed by atoms with E-state index in [-0.39, 0.29) is 12.1 Å². The molecule has 1 unspecified atom stereocenters. The fourth-order valence-corrected chi connectivity index (χ4v) is 1.62. The van der Waals surface area contributed by atoms with Crippen LogP contribution in [0.25, 0.3) is 0 Å². The summed E-state index contributed by atoms with van der Waals surface area (Å²) in [5.41, 5.74) is 2.09. The molecule has 1 heterocycles. The maximum atomic E-state index is 11.6. The van der Waals surface area contributed by atoms with Gasteiger partial charge in [-0.1, -0.05) is 30.3 Å². The summed E-state index contributed by atoms with van der Waals surface area (Å²) in [5.74, 6) is 0. The highest BCUT2D eigenvalue weighted by Gasteiger charge is 2.21. The number of benzene rings is 1. The molecule has 2 rings (SSSR count). The molecule has 1 aromatic carbocycles. The maximum absolute atomic E-state index is 11.6. The third kappa shape index (κ3) is 1.86. The molecular formula is C12H14N2O. The molecule has 1 aliphatic rings. The first-order chi connectivity index (χ1) is 7.18. The number of allylic oxidation sites excluding steroid dienone is 1. The summed E-state index contributed by atoms with van der Waals surface area (Å²) in [6, 6.07) is 9.89. The van der Waals surface area contributed by atoms with Gasteiger partial charge in [-0.3, -0.25) is 0 Å². The molecule has 0 bridgehead atoms. The molecule has 0 fully saturated rings. The van der Waals surface area contributed by atoms with Gasteiger partial charge in [-0.15, -0.1) is 0 Å². The molecular weight excluding hydrogens is 188 g/mol. The largest absolute Gasteiger partial charge is 0.327 e. The van der Waals surface area contributed by atoms with E-state index in [1.165, 1.54) is 0 Å². The summed E-state index contributed by atoms with van der Waals surface area (Å²) < 4.78 is 0. The predicted octanol–water partition coefficient (Wildman–Crippen LogP) is 2.29. The second-order valence-electron chi connectivity index (χ2n) is 3.70. The van der Waals surface area contributed by atoms with Crippen LogP contribution in [0.2, 0.25) is 0 Å². The number of carbonyl (C=O) groups is 1. The Kier molecular flexibility index (Phi) is 2.46. The van der Waals surface area contributed by atoms with Crippen LogP contribution < -0.4 is 5.32 Å². The Balaban J connectivity index is 2.30. The van der Waals surface area contributed by atoms with Gasteiger partial charge in [0.15, 0.2) is 0 Å². The van der Waals surface area contributed by atoms with Gasteiger partial charge in [-0.05, 0) is 18.6 Å². The first kappa shape index (κ1) is 9.77. The Hall–Kier alpha value is -1.77. The molecule has 78 valence electrons. The highest BCUT2D eigenvalue weighted by atomic mass is 16.2. The smallest absolute Gasteiger partial charge is 0.322 e. The summed E-state index contributed by atoms with van der Waals surface area (Å²) in [4.78, 5) is 13.2. The number of urea groups is 1. The van der Waals surface area contributed by atoms with Gasteiger partial charge >= 0.3 is 6.03 Å². The van der Waals surface area contributed by atoms with E-state index in [0.29, 0.717) is 0 Å². The predicted molar refractivity (Wildman–Crippen MR) is 59.2 cm³/mol. The van der Waals surface area contributed by atoms with Crippen LogP contribution in [-0.4, -0.2) is 18.0 Å². The van der Waals surface area contributed by atoms with Crippen molar-refractivity contribution in [3.05, 3.63) is 47.7 Å². The maximum Gasteiger partial charge on any atom is 0.322 e. The van der Waals surface area contributed by atoms with Gasteiger partial charge in [0.25, 0.3) is 0 Å². The molecule has 2 amide bonds. The Morgan fingerprint density at radius 2 is 1.93 bits per heavy atom. The lowest BCUT2D eigenvalue weighted by atomic mass is 10.0. The van der Waals surface area contributed by atoms with Crippen LogP contribution in [0, 0.1) is 0 Å². The van der Waals surface area contributed by atoms with Crippen LogP contribution in [0.4, 0.5) is 4.79 Å². The van der Waals surface area contributed by atoms with Gasteiger partial charge in [0.2, 0.25) is 0 Å². The fraction of sp³-hybridized carbons (Fsp3) is 0.250. The van der Waals surface area contributed by atoms with Gasteiger partial charge < -0.3 is 10.2 Å². The van der Waals surface area contributed by atoms with Gasteiger partial charge in [0.1, 0.15) is 0 Å². The monoisotopic (exact) mass is 202 g/mol. The molecule has 15 heavy (non-hydrogen) atoms. The molecule has 3 heteroatoms. The quantitative estimate of drug-likeness (QED) is 0.744. The van der Waals surface area contributed by atoms with E-state index >= 15 is 0 Å². The molecule has 3 nitrogen and oxygen atoms in total. The van der Waals surface area contributed by atoms with Crippen LogP contribution in [0.3, 0.4) is 0 Å². The highest BCUT2D eigenvalue weighted by Crippen LogP contribution is 2.21. The van der Waals surface area contributed by atoms with E-state index in [9.17, 15) is 4.79 Å². The minimum atomic E-state index is -0.0520. The summed E-state index contributed by atoms with van der Waals surface area (Å²) >= 11 is 0. The Labute approximate surface area is 89.4 Å². The van der Waals surface area contributed by atoms with Crippen molar-refractivity contribution >= 4 is 6.03 Å². The summed E-state index contributed by atoms with van der Waals surface area (Å²) in [7, 11) is 1.77. The molecule has 0 radical (unpaired) electrons. The molecule has 0 spiro atoms.